The summed E-state index contributed by atoms with van der Waals surface area (Å²) in [5.41, 5.74) is 1.70. The molecule has 1 atom stereocenters. The molecule has 35 heavy (non-hydrogen) atoms. The van der Waals surface area contributed by atoms with Gasteiger partial charge in [-0.3, -0.25) is 9.48 Å². The molecule has 1 aliphatic rings. The van der Waals surface area contributed by atoms with Crippen molar-refractivity contribution in [3.63, 3.8) is 0 Å². The van der Waals surface area contributed by atoms with Crippen LogP contribution < -0.4 is 4.72 Å². The molecular formula is C24H24F3N3O4S. The molecule has 186 valence electrons. The number of nitrogens with zero attached hydrogens (tertiary/aromatic N) is 2. The fourth-order valence-corrected chi connectivity index (χ4v) is 5.44. The molecule has 1 heterocycles. The molecule has 0 aliphatic heterocycles. The number of alkyl halides is 3. The van der Waals surface area contributed by atoms with Gasteiger partial charge in [0, 0.05) is 11.3 Å². The van der Waals surface area contributed by atoms with Gasteiger partial charge >= 0.3 is 12.1 Å². The Balaban J connectivity index is 1.51. The lowest BCUT2D eigenvalue weighted by molar-refractivity contribution is -0.141. The van der Waals surface area contributed by atoms with Crippen LogP contribution >= 0.6 is 0 Å². The first-order valence-electron chi connectivity index (χ1n) is 11.0. The molecule has 1 unspecified atom stereocenters. The first-order valence-corrected chi connectivity index (χ1v) is 12.5. The molecule has 1 N–H and O–H groups in total. The Labute approximate surface area is 201 Å². The number of fused-ring (bicyclic) bond motifs is 1. The molecule has 3 aromatic rings. The number of rotatable bonds is 7. The SMILES string of the molecule is COC(=O)CCn1ncc2c1CCCC2NS(=O)(=O)c1ccc(-c2cccc(C(F)(F)F)c2)cc1. The van der Waals surface area contributed by atoms with Gasteiger partial charge in [-0.05, 0) is 54.7 Å². The van der Waals surface area contributed by atoms with Gasteiger partial charge in [0.2, 0.25) is 10.0 Å². The van der Waals surface area contributed by atoms with E-state index in [1.807, 2.05) is 0 Å². The first kappa shape index (κ1) is 24.9. The molecule has 4 rings (SSSR count). The van der Waals surface area contributed by atoms with Crippen LogP contribution in [0.2, 0.25) is 0 Å². The van der Waals surface area contributed by atoms with E-state index in [0.717, 1.165) is 36.2 Å². The molecular weight excluding hydrogens is 483 g/mol. The summed E-state index contributed by atoms with van der Waals surface area (Å²) in [5, 5.41) is 4.32. The van der Waals surface area contributed by atoms with Crippen LogP contribution in [-0.4, -0.2) is 31.3 Å². The first-order chi connectivity index (χ1) is 16.6. The van der Waals surface area contributed by atoms with Crippen molar-refractivity contribution < 1.29 is 31.1 Å². The maximum Gasteiger partial charge on any atom is 0.416 e. The Kier molecular flexibility index (Phi) is 7.00. The zero-order valence-corrected chi connectivity index (χ0v) is 19.7. The second kappa shape index (κ2) is 9.82. The van der Waals surface area contributed by atoms with E-state index in [0.29, 0.717) is 24.1 Å². The fraction of sp³-hybridized carbons (Fsp3) is 0.333. The number of halogens is 3. The lowest BCUT2D eigenvalue weighted by atomic mass is 9.94. The van der Waals surface area contributed by atoms with E-state index < -0.39 is 27.8 Å². The lowest BCUT2D eigenvalue weighted by Crippen LogP contribution is -2.31. The monoisotopic (exact) mass is 507 g/mol. The predicted octanol–water partition coefficient (Wildman–Crippen LogP) is 4.49. The summed E-state index contributed by atoms with van der Waals surface area (Å²) in [6.45, 7) is 0.346. The van der Waals surface area contributed by atoms with Crippen molar-refractivity contribution in [1.82, 2.24) is 14.5 Å². The summed E-state index contributed by atoms with van der Waals surface area (Å²) in [6.07, 6.45) is -0.611. The minimum absolute atomic E-state index is 0.0124. The number of nitrogens with one attached hydrogen (secondary N) is 1. The summed E-state index contributed by atoms with van der Waals surface area (Å²) in [6, 6.07) is 10.1. The summed E-state index contributed by atoms with van der Waals surface area (Å²) >= 11 is 0. The molecule has 0 saturated heterocycles. The zero-order chi connectivity index (χ0) is 25.2. The smallest absolute Gasteiger partial charge is 0.416 e. The van der Waals surface area contributed by atoms with Crippen molar-refractivity contribution >= 4 is 16.0 Å². The molecule has 0 radical (unpaired) electrons. The molecule has 2 aromatic carbocycles. The van der Waals surface area contributed by atoms with Gasteiger partial charge in [-0.1, -0.05) is 24.3 Å². The standard InChI is InChI=1S/C24H24F3N3O4S/c1-34-23(31)12-13-30-22-7-3-6-21(20(22)15-28-30)29-35(32,33)19-10-8-16(9-11-19)17-4-2-5-18(14-17)24(25,26)27/h2,4-5,8-11,14-15,21,29H,3,6-7,12-13H2,1H3. The van der Waals surface area contributed by atoms with E-state index in [1.165, 1.54) is 37.4 Å². The van der Waals surface area contributed by atoms with Crippen LogP contribution in [0.4, 0.5) is 13.2 Å². The number of aromatic nitrogens is 2. The molecule has 0 saturated carbocycles. The van der Waals surface area contributed by atoms with Crippen LogP contribution in [0, 0.1) is 0 Å². The van der Waals surface area contributed by atoms with Crippen molar-refractivity contribution in [2.45, 2.75) is 49.3 Å². The van der Waals surface area contributed by atoms with Gasteiger partial charge in [-0.15, -0.1) is 0 Å². The topological polar surface area (TPSA) is 90.3 Å². The lowest BCUT2D eigenvalue weighted by Gasteiger charge is -2.24. The van der Waals surface area contributed by atoms with E-state index in [9.17, 15) is 26.4 Å². The van der Waals surface area contributed by atoms with Crippen molar-refractivity contribution in [2.75, 3.05) is 7.11 Å². The highest BCUT2D eigenvalue weighted by molar-refractivity contribution is 7.89. The normalized spacial score (nSPS) is 16.1. The van der Waals surface area contributed by atoms with E-state index in [4.69, 9.17) is 0 Å². The zero-order valence-electron chi connectivity index (χ0n) is 18.9. The van der Waals surface area contributed by atoms with E-state index in [1.54, 1.807) is 16.9 Å². The number of sulfonamides is 1. The Bertz CT molecular complexity index is 1320. The van der Waals surface area contributed by atoms with Crippen molar-refractivity contribution in [1.29, 1.82) is 0 Å². The molecule has 1 aromatic heterocycles. The highest BCUT2D eigenvalue weighted by Gasteiger charge is 2.31. The molecule has 0 amide bonds. The minimum atomic E-state index is -4.46. The number of hydrogen-bond donors (Lipinski definition) is 1. The number of benzene rings is 2. The van der Waals surface area contributed by atoms with Crippen LogP contribution in [0.5, 0.6) is 0 Å². The maximum absolute atomic E-state index is 13.1. The van der Waals surface area contributed by atoms with E-state index >= 15 is 0 Å². The van der Waals surface area contributed by atoms with Gasteiger partial charge in [-0.2, -0.15) is 18.3 Å². The van der Waals surface area contributed by atoms with Gasteiger partial charge < -0.3 is 4.74 Å². The van der Waals surface area contributed by atoms with Crippen molar-refractivity contribution in [2.24, 2.45) is 0 Å². The molecule has 11 heteroatoms. The number of ether oxygens (including phenoxy) is 1. The largest absolute Gasteiger partial charge is 0.469 e. The van der Waals surface area contributed by atoms with Crippen molar-refractivity contribution in [3.05, 3.63) is 71.5 Å². The Morgan fingerprint density at radius 1 is 1.17 bits per heavy atom. The third-order valence-electron chi connectivity index (χ3n) is 6.00. The van der Waals surface area contributed by atoms with Gasteiger partial charge in [-0.25, -0.2) is 13.1 Å². The second-order valence-electron chi connectivity index (χ2n) is 8.26. The van der Waals surface area contributed by atoms with Gasteiger partial charge in [0.1, 0.15) is 0 Å². The Morgan fingerprint density at radius 3 is 2.60 bits per heavy atom. The number of methoxy groups -OCH3 is 1. The van der Waals surface area contributed by atoms with Gasteiger partial charge in [0.05, 0.1) is 42.8 Å². The van der Waals surface area contributed by atoms with Crippen LogP contribution in [-0.2, 0) is 38.7 Å². The highest BCUT2D eigenvalue weighted by Crippen LogP contribution is 2.33. The number of esters is 1. The average Bonchev–Trinajstić information content (AvgIpc) is 3.26. The molecule has 1 aliphatic carbocycles. The Hall–Kier alpha value is -3.18. The summed E-state index contributed by atoms with van der Waals surface area (Å²) in [4.78, 5) is 11.5. The fourth-order valence-electron chi connectivity index (χ4n) is 4.19. The number of carbonyl (C=O) groups excluding carboxylic acids is 1. The Morgan fingerprint density at radius 2 is 1.91 bits per heavy atom. The molecule has 7 nitrogen and oxygen atoms in total. The number of carbonyl (C=O) groups is 1. The quantitative estimate of drug-likeness (QED) is 0.476. The van der Waals surface area contributed by atoms with Crippen LogP contribution in [0.25, 0.3) is 11.1 Å². The third-order valence-corrected chi connectivity index (χ3v) is 7.49. The molecule has 0 spiro atoms. The average molecular weight is 508 g/mol. The molecule has 0 fully saturated rings. The van der Waals surface area contributed by atoms with Crippen LogP contribution in [0.1, 0.15) is 42.1 Å². The van der Waals surface area contributed by atoms with E-state index in [2.05, 4.69) is 14.6 Å². The highest BCUT2D eigenvalue weighted by atomic mass is 32.2. The minimum Gasteiger partial charge on any atom is -0.469 e. The summed E-state index contributed by atoms with van der Waals surface area (Å²) in [7, 11) is -2.58. The summed E-state index contributed by atoms with van der Waals surface area (Å²) < 4.78 is 74.2. The summed E-state index contributed by atoms with van der Waals surface area (Å²) in [5.74, 6) is -0.351. The van der Waals surface area contributed by atoms with Crippen LogP contribution in [0.15, 0.2) is 59.6 Å². The molecule has 0 bridgehead atoms. The van der Waals surface area contributed by atoms with Gasteiger partial charge in [0.15, 0.2) is 0 Å². The number of hydrogen-bond acceptors (Lipinski definition) is 5. The maximum atomic E-state index is 13.1. The second-order valence-corrected chi connectivity index (χ2v) is 9.98. The number of aryl methyl sites for hydroxylation is 1. The van der Waals surface area contributed by atoms with E-state index in [-0.39, 0.29) is 17.3 Å². The third kappa shape index (κ3) is 5.57. The predicted molar refractivity (Wildman–Crippen MR) is 122 cm³/mol. The van der Waals surface area contributed by atoms with Crippen LogP contribution in [0.3, 0.4) is 0 Å². The van der Waals surface area contributed by atoms with Crippen molar-refractivity contribution in [3.8, 4) is 11.1 Å². The van der Waals surface area contributed by atoms with Gasteiger partial charge in [0.25, 0.3) is 0 Å².